The van der Waals surface area contributed by atoms with Crippen LogP contribution in [0.3, 0.4) is 0 Å². The number of carbonyl (C=O) groups is 1. The van der Waals surface area contributed by atoms with E-state index in [9.17, 15) is 23.0 Å². The van der Waals surface area contributed by atoms with E-state index in [-0.39, 0.29) is 15.4 Å². The van der Waals surface area contributed by atoms with Crippen LogP contribution in [-0.4, -0.2) is 15.7 Å². The first-order valence-corrected chi connectivity index (χ1v) is 11.5. The van der Waals surface area contributed by atoms with Gasteiger partial charge >= 0.3 is 0 Å². The summed E-state index contributed by atoms with van der Waals surface area (Å²) in [6, 6.07) is 22.8. The van der Waals surface area contributed by atoms with E-state index >= 15 is 0 Å². The highest BCUT2D eigenvalue weighted by atomic mass is 35.7. The average Bonchev–Trinajstić information content (AvgIpc) is 2.69. The van der Waals surface area contributed by atoms with Crippen molar-refractivity contribution in [2.45, 2.75) is 9.79 Å². The molecule has 3 rings (SSSR count). The van der Waals surface area contributed by atoms with Crippen LogP contribution in [0.5, 0.6) is 0 Å². The van der Waals surface area contributed by atoms with Crippen molar-refractivity contribution in [1.82, 2.24) is 0 Å². The van der Waals surface area contributed by atoms with E-state index in [1.165, 1.54) is 60.7 Å². The molecular formula is C20H17ClO6S. The maximum absolute atomic E-state index is 14.6. The molecule has 28 heavy (non-hydrogen) atoms. The monoisotopic (exact) mass is 420 g/mol. The summed E-state index contributed by atoms with van der Waals surface area (Å²) < 4.78 is 54.2. The summed E-state index contributed by atoms with van der Waals surface area (Å²) in [5.74, 6) is -1.45. The topological polar surface area (TPSA) is 113 Å². The standard InChI is InChI=1S/C20H17ClO6S/c22-20(17-10-4-1-5-11-17)16-28(26,27-21(23,24)25,18-12-6-2-7-13-18)19-14-8-3-9-15-19/h1-15H,16H2. The highest BCUT2D eigenvalue weighted by Gasteiger charge is 2.51. The van der Waals surface area contributed by atoms with Crippen LogP contribution in [0, 0.1) is 10.2 Å². The molecule has 0 radical (unpaired) electrons. The smallest absolute Gasteiger partial charge is 0.199 e. The van der Waals surface area contributed by atoms with Crippen LogP contribution in [0.15, 0.2) is 101 Å². The van der Waals surface area contributed by atoms with Gasteiger partial charge in [-0.25, -0.2) is 0 Å². The van der Waals surface area contributed by atoms with Crippen LogP contribution in [-0.2, 0) is 13.1 Å². The van der Waals surface area contributed by atoms with Crippen molar-refractivity contribution in [2.24, 2.45) is 0 Å². The second-order valence-electron chi connectivity index (χ2n) is 6.03. The number of ketones is 1. The molecule has 0 saturated heterocycles. The third kappa shape index (κ3) is 4.05. The summed E-state index contributed by atoms with van der Waals surface area (Å²) in [4.78, 5) is 12.8. The molecule has 0 aliphatic carbocycles. The Kier molecular flexibility index (Phi) is 5.49. The minimum Gasteiger partial charge on any atom is -0.292 e. The molecule has 0 spiro atoms. The van der Waals surface area contributed by atoms with Gasteiger partial charge in [0.25, 0.3) is 0 Å². The molecule has 0 aromatic heterocycles. The molecule has 0 saturated carbocycles. The number of halogens is 1. The lowest BCUT2D eigenvalue weighted by Crippen LogP contribution is -2.65. The molecule has 0 fully saturated rings. The molecule has 0 bridgehead atoms. The van der Waals surface area contributed by atoms with Crippen molar-refractivity contribution in [3.8, 4) is 0 Å². The summed E-state index contributed by atoms with van der Waals surface area (Å²) in [6.45, 7) is 0. The largest absolute Gasteiger partial charge is 0.292 e. The van der Waals surface area contributed by atoms with Crippen LogP contribution in [0.25, 0.3) is 0 Å². The van der Waals surface area contributed by atoms with Gasteiger partial charge in [-0.05, 0) is 33.6 Å². The molecule has 3 aromatic rings. The van der Waals surface area contributed by atoms with Crippen LogP contribution < -0.4 is 14.0 Å². The van der Waals surface area contributed by atoms with E-state index in [0.717, 1.165) is 0 Å². The number of rotatable bonds is 7. The Balaban J connectivity index is 2.28. The minimum atomic E-state index is -5.12. The zero-order valence-electron chi connectivity index (χ0n) is 14.6. The van der Waals surface area contributed by atoms with Crippen LogP contribution >= 0.6 is 0 Å². The third-order valence-electron chi connectivity index (χ3n) is 4.14. The van der Waals surface area contributed by atoms with Crippen molar-refractivity contribution in [1.29, 1.82) is 0 Å². The van der Waals surface area contributed by atoms with Gasteiger partial charge in [0.2, 0.25) is 0 Å². The lowest BCUT2D eigenvalue weighted by Gasteiger charge is -2.41. The zero-order chi connectivity index (χ0) is 20.3. The fourth-order valence-electron chi connectivity index (χ4n) is 2.90. The molecule has 146 valence electrons. The van der Waals surface area contributed by atoms with Gasteiger partial charge in [0.15, 0.2) is 9.52 Å². The van der Waals surface area contributed by atoms with E-state index < -0.39 is 31.1 Å². The Morgan fingerprint density at radius 3 is 1.54 bits per heavy atom. The first-order valence-electron chi connectivity index (χ1n) is 8.19. The lowest BCUT2D eigenvalue weighted by atomic mass is 10.2. The summed E-state index contributed by atoms with van der Waals surface area (Å²) in [7, 11) is -10.2. The summed E-state index contributed by atoms with van der Waals surface area (Å²) >= 11 is 0. The van der Waals surface area contributed by atoms with Crippen LogP contribution in [0.2, 0.25) is 0 Å². The lowest BCUT2D eigenvalue weighted by molar-refractivity contribution is -1.91. The van der Waals surface area contributed by atoms with Gasteiger partial charge in [-0.15, -0.1) is 0 Å². The van der Waals surface area contributed by atoms with Crippen molar-refractivity contribution >= 4 is 15.1 Å². The first kappa shape index (κ1) is 20.3. The molecule has 8 heteroatoms. The van der Waals surface area contributed by atoms with E-state index in [1.54, 1.807) is 30.3 Å². The molecule has 3 aromatic carbocycles. The Hall–Kier alpha value is -2.39. The van der Waals surface area contributed by atoms with Crippen LogP contribution in [0.4, 0.5) is 0 Å². The predicted molar refractivity (Wildman–Crippen MR) is 94.3 cm³/mol. The molecule has 0 N–H and O–H groups in total. The Morgan fingerprint density at radius 2 is 1.14 bits per heavy atom. The molecule has 6 nitrogen and oxygen atoms in total. The van der Waals surface area contributed by atoms with E-state index in [1.807, 2.05) is 0 Å². The molecule has 0 amide bonds. The number of Topliss-reactive ketones (excluding diaryl/α,β-unsaturated/α-hetero) is 1. The van der Waals surface area contributed by atoms with E-state index in [0.29, 0.717) is 0 Å². The highest BCUT2D eigenvalue weighted by molar-refractivity contribution is 8.16. The quantitative estimate of drug-likeness (QED) is 0.518. The molecule has 0 aliphatic rings. The van der Waals surface area contributed by atoms with Gasteiger partial charge in [0.1, 0.15) is 16.0 Å². The number of carbonyl (C=O) groups excluding carboxylic acids is 1. The molecule has 0 aliphatic heterocycles. The number of hydrogen-bond donors (Lipinski definition) is 0. The van der Waals surface area contributed by atoms with Crippen molar-refractivity contribution in [2.75, 3.05) is 5.75 Å². The summed E-state index contributed by atoms with van der Waals surface area (Å²) in [6.07, 6.45) is 0. The highest BCUT2D eigenvalue weighted by Crippen LogP contribution is 2.46. The summed E-state index contributed by atoms with van der Waals surface area (Å²) in [5, 5.41) is 0. The maximum Gasteiger partial charge on any atom is 0.199 e. The van der Waals surface area contributed by atoms with Gasteiger partial charge in [0.05, 0.1) is 9.79 Å². The Morgan fingerprint density at radius 1 is 0.750 bits per heavy atom. The van der Waals surface area contributed by atoms with Crippen molar-refractivity contribution in [3.05, 3.63) is 96.6 Å². The van der Waals surface area contributed by atoms with E-state index in [2.05, 4.69) is 0 Å². The molecule has 0 atom stereocenters. The first-order chi connectivity index (χ1) is 13.2. The SMILES string of the molecule is O=C(CS(=O)(O[Cl+3]([O-])([O-])[O-])(c1ccccc1)c1ccccc1)c1ccccc1. The maximum atomic E-state index is 14.6. The van der Waals surface area contributed by atoms with Gasteiger partial charge < -0.3 is 0 Å². The van der Waals surface area contributed by atoms with Gasteiger partial charge in [-0.3, -0.25) is 4.79 Å². The van der Waals surface area contributed by atoms with Crippen molar-refractivity contribution in [3.63, 3.8) is 0 Å². The number of hydrogen-bond acceptors (Lipinski definition) is 6. The van der Waals surface area contributed by atoms with Gasteiger partial charge in [-0.1, -0.05) is 66.7 Å². The Labute approximate surface area is 164 Å². The predicted octanol–water partition coefficient (Wildman–Crippen LogP) is 0.637. The van der Waals surface area contributed by atoms with Crippen LogP contribution in [0.1, 0.15) is 10.4 Å². The average molecular weight is 421 g/mol. The molecular weight excluding hydrogens is 404 g/mol. The second kappa shape index (κ2) is 7.56. The fourth-order valence-corrected chi connectivity index (χ4v) is 7.63. The van der Waals surface area contributed by atoms with E-state index in [4.69, 9.17) is 3.74 Å². The van der Waals surface area contributed by atoms with Crippen molar-refractivity contribution < 1.29 is 37.0 Å². The molecule has 0 heterocycles. The minimum absolute atomic E-state index is 0.0677. The third-order valence-corrected chi connectivity index (χ3v) is 9.06. The molecule has 0 unspecified atom stereocenters. The zero-order valence-corrected chi connectivity index (χ0v) is 16.2. The summed E-state index contributed by atoms with van der Waals surface area (Å²) in [5.41, 5.74) is 0.219. The van der Waals surface area contributed by atoms with Gasteiger partial charge in [0, 0.05) is 5.56 Å². The van der Waals surface area contributed by atoms with Gasteiger partial charge in [-0.2, -0.15) is 18.2 Å². The second-order valence-corrected chi connectivity index (χ2v) is 10.6. The fraction of sp³-hybridized carbons (Fsp3) is 0.0500. The number of benzene rings is 3. The normalized spacial score (nSPS) is 13.5. The Bertz CT molecular complexity index is 973.